The maximum absolute atomic E-state index is 11.1. The van der Waals surface area contributed by atoms with Crippen LogP contribution in [0.25, 0.3) is 0 Å². The molecule has 7 nitrogen and oxygen atoms in total. The summed E-state index contributed by atoms with van der Waals surface area (Å²) in [5.41, 5.74) is 0.568. The van der Waals surface area contributed by atoms with E-state index in [-0.39, 0.29) is 17.2 Å². The fourth-order valence-corrected chi connectivity index (χ4v) is 2.94. The second-order valence-corrected chi connectivity index (χ2v) is 6.59. The minimum atomic E-state index is -4.70. The average Bonchev–Trinajstić information content (AvgIpc) is 2.44. The second kappa shape index (κ2) is 6.68. The van der Waals surface area contributed by atoms with Crippen molar-refractivity contribution in [3.8, 4) is 5.75 Å². The third kappa shape index (κ3) is 4.53. The molecular formula is C15H18NO6P. The molecule has 0 amide bonds. The zero-order chi connectivity index (χ0) is 17.2. The largest absolute Gasteiger partial charge is 0.508 e. The lowest BCUT2D eigenvalue weighted by Crippen LogP contribution is -2.31. The summed E-state index contributed by atoms with van der Waals surface area (Å²) in [4.78, 5) is 18.0. The number of hydrogen-bond acceptors (Lipinski definition) is 4. The number of nitrogens with zero attached hydrogens (tertiary/aromatic N) is 1. The van der Waals surface area contributed by atoms with Crippen LogP contribution in [0, 0.1) is 5.92 Å². The molecule has 1 aliphatic carbocycles. The van der Waals surface area contributed by atoms with Gasteiger partial charge >= 0.3 is 7.75 Å². The number of rotatable bonds is 4. The van der Waals surface area contributed by atoms with Crippen LogP contribution in [0.1, 0.15) is 18.4 Å². The third-order valence-corrected chi connectivity index (χ3v) is 4.13. The molecule has 5 N–H and O–H groups in total. The molecule has 0 saturated carbocycles. The molecule has 3 atom stereocenters. The van der Waals surface area contributed by atoms with Crippen LogP contribution in [0.3, 0.4) is 0 Å². The molecule has 8 heteroatoms. The van der Waals surface area contributed by atoms with Crippen LogP contribution >= 0.6 is 7.75 Å². The topological polar surface area (TPSA) is 131 Å². The number of hydrogen-bond donors (Lipinski definition) is 5. The monoisotopic (exact) mass is 339 g/mol. The molecule has 3 unspecified atom stereocenters. The summed E-state index contributed by atoms with van der Waals surface area (Å²) in [5.74, 6) is -1.38. The van der Waals surface area contributed by atoms with Gasteiger partial charge in [-0.15, -0.1) is 0 Å². The zero-order valence-corrected chi connectivity index (χ0v) is 13.2. The number of aliphatic hydroxyl groups is 2. The van der Waals surface area contributed by atoms with Gasteiger partial charge in [-0.3, -0.25) is 0 Å². The molecule has 0 fully saturated rings. The van der Waals surface area contributed by atoms with E-state index in [1.165, 1.54) is 24.3 Å². The van der Waals surface area contributed by atoms with E-state index >= 15 is 0 Å². The summed E-state index contributed by atoms with van der Waals surface area (Å²) in [5, 5.41) is 29.6. The van der Waals surface area contributed by atoms with E-state index in [1.807, 2.05) is 0 Å². The first-order chi connectivity index (χ1) is 10.7. The molecule has 0 saturated heterocycles. The molecule has 0 aromatic heterocycles. The Kier molecular flexibility index (Phi) is 5.06. The van der Waals surface area contributed by atoms with Crippen molar-refractivity contribution >= 4 is 13.5 Å². The lowest BCUT2D eigenvalue weighted by Gasteiger charge is -2.27. The van der Waals surface area contributed by atoms with Gasteiger partial charge in [-0.05, 0) is 23.8 Å². The number of phenolic OH excluding ortho intramolecular Hbond substituents is 1. The van der Waals surface area contributed by atoms with Crippen molar-refractivity contribution in [2.24, 2.45) is 10.7 Å². The highest BCUT2D eigenvalue weighted by atomic mass is 31.2. The van der Waals surface area contributed by atoms with Gasteiger partial charge in [-0.1, -0.05) is 25.1 Å². The Morgan fingerprint density at radius 3 is 2.57 bits per heavy atom. The van der Waals surface area contributed by atoms with Crippen molar-refractivity contribution in [3.63, 3.8) is 0 Å². The Hall–Kier alpha value is -1.92. The van der Waals surface area contributed by atoms with Crippen molar-refractivity contribution in [1.82, 2.24) is 0 Å². The predicted octanol–water partition coefficient (Wildman–Crippen LogP) is 2.02. The fraction of sp³-hybridized carbons (Fsp3) is 0.267. The van der Waals surface area contributed by atoms with Crippen LogP contribution in [-0.4, -0.2) is 36.9 Å². The Morgan fingerprint density at radius 1 is 1.26 bits per heavy atom. The van der Waals surface area contributed by atoms with Crippen molar-refractivity contribution in [1.29, 1.82) is 0 Å². The summed E-state index contributed by atoms with van der Waals surface area (Å²) in [6.07, 6.45) is 2.83. The maximum Gasteiger partial charge on any atom is 0.448 e. The Bertz CT molecular complexity index is 720. The lowest BCUT2D eigenvalue weighted by atomic mass is 9.82. The standard InChI is InChI=1S/C15H18NO6P/c1-9(10-3-2-4-11(17)7-10)15(19)13-6-5-12(18)8-14(13)16-23(20,21)22/h2-9,13,15,17-19H,1H3,(H2,20,21,22). The van der Waals surface area contributed by atoms with E-state index in [4.69, 9.17) is 9.79 Å². The van der Waals surface area contributed by atoms with Gasteiger partial charge in [0.2, 0.25) is 0 Å². The van der Waals surface area contributed by atoms with Crippen LogP contribution in [0.2, 0.25) is 0 Å². The SMILES string of the molecule is CC(c1cccc(O)c1)C(O)C1C=CC(O)=CC1=NP(=O)(O)O. The van der Waals surface area contributed by atoms with Crippen LogP contribution < -0.4 is 0 Å². The first-order valence-corrected chi connectivity index (χ1v) is 8.45. The van der Waals surface area contributed by atoms with Crippen LogP contribution in [0.5, 0.6) is 5.75 Å². The molecule has 124 valence electrons. The average molecular weight is 339 g/mol. The quantitative estimate of drug-likeness (QED) is 0.533. The van der Waals surface area contributed by atoms with Gasteiger partial charge in [0.15, 0.2) is 0 Å². The van der Waals surface area contributed by atoms with Gasteiger partial charge in [0.1, 0.15) is 11.5 Å². The van der Waals surface area contributed by atoms with Crippen molar-refractivity contribution in [3.05, 3.63) is 53.8 Å². The van der Waals surface area contributed by atoms with Crippen molar-refractivity contribution < 1.29 is 29.7 Å². The smallest absolute Gasteiger partial charge is 0.448 e. The normalized spacial score (nSPS) is 22.7. The Balaban J connectivity index is 2.33. The Morgan fingerprint density at radius 2 is 1.96 bits per heavy atom. The molecular weight excluding hydrogens is 321 g/mol. The molecule has 1 aliphatic rings. The summed E-state index contributed by atoms with van der Waals surface area (Å²) < 4.78 is 14.4. The summed E-state index contributed by atoms with van der Waals surface area (Å²) >= 11 is 0. The first-order valence-electron chi connectivity index (χ1n) is 6.89. The Labute approximate surface area is 133 Å². The number of aliphatic hydroxyl groups excluding tert-OH is 2. The molecule has 0 spiro atoms. The van der Waals surface area contributed by atoms with E-state index in [1.54, 1.807) is 19.1 Å². The van der Waals surface area contributed by atoms with E-state index in [0.717, 1.165) is 6.08 Å². The van der Waals surface area contributed by atoms with E-state index in [0.29, 0.717) is 5.56 Å². The van der Waals surface area contributed by atoms with Gasteiger partial charge in [0.05, 0.1) is 11.8 Å². The molecule has 0 radical (unpaired) electrons. The highest BCUT2D eigenvalue weighted by Gasteiger charge is 2.31. The molecule has 0 bridgehead atoms. The van der Waals surface area contributed by atoms with Gasteiger partial charge in [0, 0.05) is 17.9 Å². The first kappa shape index (κ1) is 17.4. The maximum atomic E-state index is 11.1. The zero-order valence-electron chi connectivity index (χ0n) is 12.3. The molecule has 0 heterocycles. The van der Waals surface area contributed by atoms with Gasteiger partial charge in [0.25, 0.3) is 0 Å². The highest BCUT2D eigenvalue weighted by Crippen LogP contribution is 2.39. The summed E-state index contributed by atoms with van der Waals surface area (Å²) in [6.45, 7) is 1.72. The van der Waals surface area contributed by atoms with Gasteiger partial charge in [-0.2, -0.15) is 4.76 Å². The third-order valence-electron chi connectivity index (χ3n) is 3.63. The van der Waals surface area contributed by atoms with E-state index in [9.17, 15) is 19.9 Å². The van der Waals surface area contributed by atoms with Crippen molar-refractivity contribution in [2.45, 2.75) is 18.9 Å². The molecule has 0 aliphatic heterocycles. The summed E-state index contributed by atoms with van der Waals surface area (Å²) in [7, 11) is -4.70. The van der Waals surface area contributed by atoms with Crippen LogP contribution in [0.4, 0.5) is 0 Å². The van der Waals surface area contributed by atoms with Crippen molar-refractivity contribution in [2.75, 3.05) is 0 Å². The second-order valence-electron chi connectivity index (χ2n) is 5.37. The van der Waals surface area contributed by atoms with E-state index in [2.05, 4.69) is 4.76 Å². The minimum absolute atomic E-state index is 0.0578. The number of benzene rings is 1. The lowest BCUT2D eigenvalue weighted by molar-refractivity contribution is 0.130. The number of phenols is 1. The fourth-order valence-electron chi connectivity index (χ4n) is 2.45. The van der Waals surface area contributed by atoms with Gasteiger partial charge < -0.3 is 25.1 Å². The van der Waals surface area contributed by atoms with Gasteiger partial charge in [-0.25, -0.2) is 4.57 Å². The molecule has 1 aromatic rings. The minimum Gasteiger partial charge on any atom is -0.508 e. The van der Waals surface area contributed by atoms with Crippen LogP contribution in [0.15, 0.2) is 53.0 Å². The molecule has 1 aromatic carbocycles. The summed E-state index contributed by atoms with van der Waals surface area (Å²) in [6, 6.07) is 6.38. The van der Waals surface area contributed by atoms with Crippen LogP contribution in [-0.2, 0) is 4.57 Å². The number of aromatic hydroxyl groups is 1. The van der Waals surface area contributed by atoms with E-state index < -0.39 is 25.7 Å². The molecule has 23 heavy (non-hydrogen) atoms. The number of allylic oxidation sites excluding steroid dienone is 2. The molecule has 2 rings (SSSR count). The highest BCUT2D eigenvalue weighted by molar-refractivity contribution is 7.50. The predicted molar refractivity (Wildman–Crippen MR) is 85.3 cm³/mol.